The van der Waals surface area contributed by atoms with Crippen molar-refractivity contribution in [1.29, 1.82) is 0 Å². The van der Waals surface area contributed by atoms with Gasteiger partial charge in [0.25, 0.3) is 11.7 Å². The lowest BCUT2D eigenvalue weighted by Gasteiger charge is -2.25. The molecule has 2 aromatic carbocycles. The smallest absolute Gasteiger partial charge is 0.295 e. The lowest BCUT2D eigenvalue weighted by Crippen LogP contribution is -2.29. The molecule has 1 aliphatic heterocycles. The first-order chi connectivity index (χ1) is 17.5. The number of hydrogen-bond acceptors (Lipinski definition) is 7. The lowest BCUT2D eigenvalue weighted by molar-refractivity contribution is -0.140. The van der Waals surface area contributed by atoms with Crippen LogP contribution in [0.3, 0.4) is 0 Å². The minimum absolute atomic E-state index is 0.0268. The molecule has 1 N–H and O–H groups in total. The number of ketones is 1. The van der Waals surface area contributed by atoms with E-state index in [0.29, 0.717) is 41.6 Å². The van der Waals surface area contributed by atoms with Gasteiger partial charge in [-0.15, -0.1) is 0 Å². The van der Waals surface area contributed by atoms with Gasteiger partial charge in [0, 0.05) is 25.0 Å². The Hall–Kier alpha value is -4.33. The summed E-state index contributed by atoms with van der Waals surface area (Å²) in [6, 6.07) is 14.9. The number of pyridine rings is 1. The molecule has 1 aromatic heterocycles. The molecule has 8 nitrogen and oxygen atoms in total. The van der Waals surface area contributed by atoms with Gasteiger partial charge in [-0.2, -0.15) is 0 Å². The second-order valence-electron chi connectivity index (χ2n) is 8.09. The van der Waals surface area contributed by atoms with Crippen LogP contribution in [0.1, 0.15) is 36.6 Å². The number of nitrogens with zero attached hydrogens (tertiary/aromatic N) is 2. The molecule has 0 radical (unpaired) electrons. The Morgan fingerprint density at radius 3 is 2.50 bits per heavy atom. The van der Waals surface area contributed by atoms with Crippen LogP contribution in [0.15, 0.2) is 72.6 Å². The molecule has 36 heavy (non-hydrogen) atoms. The quantitative estimate of drug-likeness (QED) is 0.269. The van der Waals surface area contributed by atoms with Crippen molar-refractivity contribution in [3.63, 3.8) is 0 Å². The Morgan fingerprint density at radius 2 is 1.81 bits per heavy atom. The van der Waals surface area contributed by atoms with Gasteiger partial charge in [-0.05, 0) is 55.3 Å². The van der Waals surface area contributed by atoms with E-state index >= 15 is 0 Å². The standard InChI is InChI=1S/C28H28N2O6/c1-4-35-21-11-12-22(23(15-21)36-5-2)26(31)24-25(19-9-7-13-29-16-19)30(28(33)27(24)32)17-18-8-6-10-20(14-18)34-3/h6-16,25,31H,4-5,17H2,1-3H3/b26-24-. The molecule has 1 aliphatic rings. The van der Waals surface area contributed by atoms with Crippen LogP contribution in [0, 0.1) is 0 Å². The molecule has 186 valence electrons. The average molecular weight is 489 g/mol. The Kier molecular flexibility index (Phi) is 7.53. The van der Waals surface area contributed by atoms with E-state index in [1.807, 2.05) is 26.0 Å². The molecule has 2 heterocycles. The van der Waals surface area contributed by atoms with E-state index in [4.69, 9.17) is 14.2 Å². The van der Waals surface area contributed by atoms with Crippen LogP contribution < -0.4 is 14.2 Å². The number of aliphatic hydroxyl groups excluding tert-OH is 1. The van der Waals surface area contributed by atoms with Gasteiger partial charge >= 0.3 is 0 Å². The Balaban J connectivity index is 1.85. The first kappa shape index (κ1) is 24.8. The van der Waals surface area contributed by atoms with Gasteiger partial charge in [-0.25, -0.2) is 0 Å². The zero-order valence-corrected chi connectivity index (χ0v) is 20.4. The highest BCUT2D eigenvalue weighted by Crippen LogP contribution is 2.42. The third-order valence-corrected chi connectivity index (χ3v) is 5.85. The zero-order valence-electron chi connectivity index (χ0n) is 20.4. The van der Waals surface area contributed by atoms with Gasteiger partial charge in [0.1, 0.15) is 23.0 Å². The van der Waals surface area contributed by atoms with Crippen molar-refractivity contribution in [2.24, 2.45) is 0 Å². The Labute approximate surface area is 209 Å². The number of carbonyl (C=O) groups excluding carboxylic acids is 2. The highest BCUT2D eigenvalue weighted by Gasteiger charge is 2.46. The lowest BCUT2D eigenvalue weighted by atomic mass is 9.95. The Morgan fingerprint density at radius 1 is 1.00 bits per heavy atom. The van der Waals surface area contributed by atoms with E-state index in [1.165, 1.54) is 4.90 Å². The SMILES string of the molecule is CCOc1ccc(/C(O)=C2/C(=O)C(=O)N(Cc3cccc(OC)c3)C2c2cccnc2)c(OCC)c1. The second-order valence-corrected chi connectivity index (χ2v) is 8.09. The third kappa shape index (κ3) is 4.88. The van der Waals surface area contributed by atoms with Crippen LogP contribution in [-0.2, 0) is 16.1 Å². The molecule has 0 saturated carbocycles. The number of aliphatic hydroxyl groups is 1. The third-order valence-electron chi connectivity index (χ3n) is 5.85. The van der Waals surface area contributed by atoms with Crippen molar-refractivity contribution in [2.45, 2.75) is 26.4 Å². The molecule has 1 fully saturated rings. The maximum atomic E-state index is 13.3. The molecule has 0 bridgehead atoms. The van der Waals surface area contributed by atoms with Gasteiger partial charge in [0.15, 0.2) is 0 Å². The summed E-state index contributed by atoms with van der Waals surface area (Å²) >= 11 is 0. The normalized spacial score (nSPS) is 16.8. The van der Waals surface area contributed by atoms with E-state index in [0.717, 1.165) is 5.56 Å². The number of aromatic nitrogens is 1. The summed E-state index contributed by atoms with van der Waals surface area (Å²) in [7, 11) is 1.56. The van der Waals surface area contributed by atoms with Crippen LogP contribution in [0.25, 0.3) is 5.76 Å². The highest BCUT2D eigenvalue weighted by molar-refractivity contribution is 6.46. The van der Waals surface area contributed by atoms with Gasteiger partial charge in [0.05, 0.1) is 37.5 Å². The number of ether oxygens (including phenoxy) is 3. The van der Waals surface area contributed by atoms with Crippen LogP contribution >= 0.6 is 0 Å². The first-order valence-corrected chi connectivity index (χ1v) is 11.7. The molecule has 1 saturated heterocycles. The summed E-state index contributed by atoms with van der Waals surface area (Å²) in [5.74, 6) is -0.248. The molecule has 3 aromatic rings. The van der Waals surface area contributed by atoms with E-state index in [9.17, 15) is 14.7 Å². The predicted octanol–water partition coefficient (Wildman–Crippen LogP) is 4.51. The van der Waals surface area contributed by atoms with E-state index < -0.39 is 17.7 Å². The molecule has 4 rings (SSSR count). The summed E-state index contributed by atoms with van der Waals surface area (Å²) in [6.07, 6.45) is 3.20. The molecule has 0 aliphatic carbocycles. The summed E-state index contributed by atoms with van der Waals surface area (Å²) in [5.41, 5.74) is 1.65. The average Bonchev–Trinajstić information content (AvgIpc) is 3.14. The van der Waals surface area contributed by atoms with Gasteiger partial charge < -0.3 is 24.2 Å². The molecule has 1 atom stereocenters. The van der Waals surface area contributed by atoms with Gasteiger partial charge in [-0.3, -0.25) is 14.6 Å². The minimum atomic E-state index is -0.842. The minimum Gasteiger partial charge on any atom is -0.507 e. The largest absolute Gasteiger partial charge is 0.507 e. The topological polar surface area (TPSA) is 98.2 Å². The molecule has 0 spiro atoms. The molecule has 8 heteroatoms. The predicted molar refractivity (Wildman–Crippen MR) is 134 cm³/mol. The number of hydrogen-bond donors (Lipinski definition) is 1. The van der Waals surface area contributed by atoms with Crippen LogP contribution in [0.2, 0.25) is 0 Å². The van der Waals surface area contributed by atoms with Crippen molar-refractivity contribution in [2.75, 3.05) is 20.3 Å². The van der Waals surface area contributed by atoms with Crippen molar-refractivity contribution in [1.82, 2.24) is 9.88 Å². The van der Waals surface area contributed by atoms with Crippen LogP contribution in [0.5, 0.6) is 17.2 Å². The fourth-order valence-electron chi connectivity index (χ4n) is 4.27. The number of likely N-dealkylation sites (tertiary alicyclic amines) is 1. The maximum absolute atomic E-state index is 13.3. The van der Waals surface area contributed by atoms with Crippen molar-refractivity contribution < 1.29 is 28.9 Å². The van der Waals surface area contributed by atoms with E-state index in [2.05, 4.69) is 4.98 Å². The number of benzene rings is 2. The fraction of sp³-hybridized carbons (Fsp3) is 0.250. The first-order valence-electron chi connectivity index (χ1n) is 11.7. The monoisotopic (exact) mass is 488 g/mol. The van der Waals surface area contributed by atoms with Crippen LogP contribution in [-0.4, -0.2) is 47.0 Å². The fourth-order valence-corrected chi connectivity index (χ4v) is 4.27. The second kappa shape index (κ2) is 10.9. The number of amides is 1. The van der Waals surface area contributed by atoms with Gasteiger partial charge in [0.2, 0.25) is 0 Å². The number of carbonyl (C=O) groups is 2. The van der Waals surface area contributed by atoms with Crippen molar-refractivity contribution >= 4 is 17.4 Å². The summed E-state index contributed by atoms with van der Waals surface area (Å²) in [5, 5.41) is 11.5. The highest BCUT2D eigenvalue weighted by atomic mass is 16.5. The summed E-state index contributed by atoms with van der Waals surface area (Å²) < 4.78 is 16.6. The summed E-state index contributed by atoms with van der Waals surface area (Å²) in [6.45, 7) is 4.63. The van der Waals surface area contributed by atoms with Crippen molar-refractivity contribution in [3.05, 3.63) is 89.3 Å². The molecular weight excluding hydrogens is 460 g/mol. The van der Waals surface area contributed by atoms with Crippen molar-refractivity contribution in [3.8, 4) is 17.2 Å². The number of methoxy groups -OCH3 is 1. The maximum Gasteiger partial charge on any atom is 0.295 e. The molecule has 1 unspecified atom stereocenters. The number of rotatable bonds is 9. The van der Waals surface area contributed by atoms with E-state index in [1.54, 1.807) is 62.0 Å². The molecular formula is C28H28N2O6. The molecule has 1 amide bonds. The zero-order chi connectivity index (χ0) is 25.7. The summed E-state index contributed by atoms with van der Waals surface area (Å²) in [4.78, 5) is 32.2. The van der Waals surface area contributed by atoms with Gasteiger partial charge in [-0.1, -0.05) is 18.2 Å². The van der Waals surface area contributed by atoms with E-state index in [-0.39, 0.29) is 17.9 Å². The Bertz CT molecular complexity index is 1290. The van der Waals surface area contributed by atoms with Crippen LogP contribution in [0.4, 0.5) is 0 Å². The number of Topliss-reactive ketones (excluding diaryl/α,β-unsaturated/α-hetero) is 1.